The molecule has 13 heteroatoms. The summed E-state index contributed by atoms with van der Waals surface area (Å²) in [6.45, 7) is 0. The van der Waals surface area contributed by atoms with Crippen LogP contribution in [0.3, 0.4) is 0 Å². The standard InChI is InChI=1S/C24H25FN6O5S/c1-34-17-8-5-9-18(35-2)21(17)31-23(19-10-6-12-36-19)28-29-24(31)30-37(32,33)20-11-4-3-7-16(20)22-26-13-15(25)14-27-22/h5-6,8-10,12-14,16,20H,3-4,7,11H2,1-2H3,(H,29,30)/t16-,20+/m0/s1. The molecule has 0 radical (unpaired) electrons. The van der Waals surface area contributed by atoms with Gasteiger partial charge in [-0.25, -0.2) is 22.8 Å². The molecule has 2 atom stereocenters. The van der Waals surface area contributed by atoms with E-state index in [-0.39, 0.29) is 11.8 Å². The number of methoxy groups -OCH3 is 2. The minimum absolute atomic E-state index is 0.0708. The van der Waals surface area contributed by atoms with Crippen LogP contribution in [0.15, 0.2) is 53.4 Å². The van der Waals surface area contributed by atoms with Crippen molar-refractivity contribution >= 4 is 16.0 Å². The van der Waals surface area contributed by atoms with E-state index < -0.39 is 27.0 Å². The van der Waals surface area contributed by atoms with E-state index in [1.165, 1.54) is 25.0 Å². The molecule has 4 aromatic rings. The highest BCUT2D eigenvalue weighted by atomic mass is 32.2. The van der Waals surface area contributed by atoms with Crippen molar-refractivity contribution in [2.45, 2.75) is 36.9 Å². The van der Waals surface area contributed by atoms with Gasteiger partial charge in [0.1, 0.15) is 23.0 Å². The van der Waals surface area contributed by atoms with E-state index in [0.717, 1.165) is 18.8 Å². The zero-order valence-electron chi connectivity index (χ0n) is 20.2. The van der Waals surface area contributed by atoms with Gasteiger partial charge in [0.05, 0.1) is 38.1 Å². The molecule has 0 amide bonds. The summed E-state index contributed by atoms with van der Waals surface area (Å²) in [6.07, 6.45) is 6.05. The average molecular weight is 529 g/mol. The number of halogens is 1. The maximum atomic E-state index is 13.8. The van der Waals surface area contributed by atoms with Crippen LogP contribution in [-0.4, -0.2) is 52.6 Å². The molecule has 5 rings (SSSR count). The molecule has 1 fully saturated rings. The van der Waals surface area contributed by atoms with Gasteiger partial charge in [0.2, 0.25) is 21.8 Å². The molecule has 3 heterocycles. The number of hydrogen-bond acceptors (Lipinski definition) is 9. The predicted molar refractivity (Wildman–Crippen MR) is 132 cm³/mol. The van der Waals surface area contributed by atoms with Crippen LogP contribution in [0.25, 0.3) is 17.3 Å². The molecule has 11 nitrogen and oxygen atoms in total. The van der Waals surface area contributed by atoms with Crippen LogP contribution < -0.4 is 14.2 Å². The quantitative estimate of drug-likeness (QED) is 0.361. The average Bonchev–Trinajstić information content (AvgIpc) is 3.58. The van der Waals surface area contributed by atoms with Gasteiger partial charge in [0, 0.05) is 5.92 Å². The SMILES string of the molecule is COc1cccc(OC)c1-n1c(NS(=O)(=O)[C@@H]2CCCC[C@@H]2c2ncc(F)cn2)nnc1-c1ccco1. The van der Waals surface area contributed by atoms with Crippen molar-refractivity contribution in [3.8, 4) is 28.8 Å². The van der Waals surface area contributed by atoms with Crippen LogP contribution in [0.1, 0.15) is 37.4 Å². The molecule has 1 aromatic carbocycles. The third kappa shape index (κ3) is 4.73. The summed E-state index contributed by atoms with van der Waals surface area (Å²) in [6, 6.07) is 8.55. The maximum Gasteiger partial charge on any atom is 0.243 e. The van der Waals surface area contributed by atoms with Gasteiger partial charge in [0.25, 0.3) is 0 Å². The van der Waals surface area contributed by atoms with Crippen molar-refractivity contribution < 1.29 is 26.7 Å². The van der Waals surface area contributed by atoms with Gasteiger partial charge in [-0.2, -0.15) is 0 Å². The Morgan fingerprint density at radius 1 is 1.03 bits per heavy atom. The number of para-hydroxylation sites is 1. The second-order valence-corrected chi connectivity index (χ2v) is 10.4. The molecule has 0 unspecified atom stereocenters. The van der Waals surface area contributed by atoms with E-state index in [9.17, 15) is 12.8 Å². The lowest BCUT2D eigenvalue weighted by Crippen LogP contribution is -2.37. The Morgan fingerprint density at radius 3 is 2.38 bits per heavy atom. The number of benzene rings is 1. The van der Waals surface area contributed by atoms with E-state index >= 15 is 0 Å². The lowest BCUT2D eigenvalue weighted by atomic mass is 9.88. The first kappa shape index (κ1) is 24.7. The van der Waals surface area contributed by atoms with Crippen LogP contribution in [0.4, 0.5) is 10.3 Å². The van der Waals surface area contributed by atoms with Crippen molar-refractivity contribution in [2.24, 2.45) is 0 Å². The summed E-state index contributed by atoms with van der Waals surface area (Å²) in [4.78, 5) is 8.13. The van der Waals surface area contributed by atoms with E-state index in [0.29, 0.717) is 48.0 Å². The molecule has 37 heavy (non-hydrogen) atoms. The number of rotatable bonds is 8. The van der Waals surface area contributed by atoms with E-state index in [2.05, 4.69) is 24.9 Å². The summed E-state index contributed by atoms with van der Waals surface area (Å²) in [5.74, 6) is 0.549. The molecule has 0 spiro atoms. The van der Waals surface area contributed by atoms with Gasteiger partial charge in [-0.3, -0.25) is 9.29 Å². The largest absolute Gasteiger partial charge is 0.494 e. The highest BCUT2D eigenvalue weighted by Gasteiger charge is 2.39. The summed E-state index contributed by atoms with van der Waals surface area (Å²) in [5, 5.41) is 7.52. The summed E-state index contributed by atoms with van der Waals surface area (Å²) in [5.41, 5.74) is 0.392. The number of furan rings is 1. The summed E-state index contributed by atoms with van der Waals surface area (Å²) < 4.78 is 61.8. The first-order chi connectivity index (χ1) is 17.9. The maximum absolute atomic E-state index is 13.8. The molecule has 0 bridgehead atoms. The molecule has 1 aliphatic carbocycles. The number of sulfonamides is 1. The minimum atomic E-state index is -4.03. The lowest BCUT2D eigenvalue weighted by molar-refractivity contribution is 0.391. The van der Waals surface area contributed by atoms with Gasteiger partial charge in [-0.15, -0.1) is 10.2 Å². The molecule has 3 aromatic heterocycles. The zero-order valence-corrected chi connectivity index (χ0v) is 21.0. The molecule has 194 valence electrons. The normalized spacial score (nSPS) is 17.9. The third-order valence-electron chi connectivity index (χ3n) is 6.34. The van der Waals surface area contributed by atoms with Crippen molar-refractivity contribution in [1.82, 2.24) is 24.7 Å². The van der Waals surface area contributed by atoms with Crippen LogP contribution in [0.5, 0.6) is 11.5 Å². The van der Waals surface area contributed by atoms with Gasteiger partial charge in [-0.05, 0) is 37.1 Å². The van der Waals surface area contributed by atoms with Crippen LogP contribution in [0, 0.1) is 5.82 Å². The molecule has 0 aliphatic heterocycles. The molecular weight excluding hydrogens is 503 g/mol. The number of nitrogens with one attached hydrogen (secondary N) is 1. The Balaban J connectivity index is 1.60. The topological polar surface area (TPSA) is 134 Å². The second-order valence-electron chi connectivity index (χ2n) is 8.51. The first-order valence-corrected chi connectivity index (χ1v) is 13.2. The summed E-state index contributed by atoms with van der Waals surface area (Å²) >= 11 is 0. The van der Waals surface area contributed by atoms with Crippen molar-refractivity contribution in [3.05, 3.63) is 60.6 Å². The van der Waals surface area contributed by atoms with Gasteiger partial charge in [-0.1, -0.05) is 18.9 Å². The fraction of sp³-hybridized carbons (Fsp3) is 0.333. The smallest absolute Gasteiger partial charge is 0.243 e. The number of nitrogens with zero attached hydrogens (tertiary/aromatic N) is 5. The van der Waals surface area contributed by atoms with E-state index in [1.807, 2.05) is 0 Å². The number of anilines is 1. The molecule has 0 saturated heterocycles. The van der Waals surface area contributed by atoms with Crippen molar-refractivity contribution in [1.29, 1.82) is 0 Å². The number of ether oxygens (including phenoxy) is 2. The fourth-order valence-corrected chi connectivity index (χ4v) is 6.37. The highest BCUT2D eigenvalue weighted by Crippen LogP contribution is 2.40. The Hall–Kier alpha value is -4.00. The van der Waals surface area contributed by atoms with E-state index in [1.54, 1.807) is 30.3 Å². The van der Waals surface area contributed by atoms with Crippen molar-refractivity contribution in [2.75, 3.05) is 18.9 Å². The van der Waals surface area contributed by atoms with E-state index in [4.69, 9.17) is 13.9 Å². The van der Waals surface area contributed by atoms with Gasteiger partial charge < -0.3 is 13.9 Å². The van der Waals surface area contributed by atoms with Crippen molar-refractivity contribution in [3.63, 3.8) is 0 Å². The molecular formula is C24H25FN6O5S. The minimum Gasteiger partial charge on any atom is -0.494 e. The molecule has 1 saturated carbocycles. The van der Waals surface area contributed by atoms with Gasteiger partial charge >= 0.3 is 0 Å². The lowest BCUT2D eigenvalue weighted by Gasteiger charge is -2.30. The van der Waals surface area contributed by atoms with Crippen LogP contribution in [-0.2, 0) is 10.0 Å². The third-order valence-corrected chi connectivity index (χ3v) is 8.17. The highest BCUT2D eigenvalue weighted by molar-refractivity contribution is 7.93. The Morgan fingerprint density at radius 2 is 1.73 bits per heavy atom. The molecule has 1 aliphatic rings. The summed E-state index contributed by atoms with van der Waals surface area (Å²) in [7, 11) is -1.04. The Bertz CT molecular complexity index is 1450. The number of aromatic nitrogens is 5. The fourth-order valence-electron chi connectivity index (χ4n) is 4.66. The molecule has 1 N–H and O–H groups in total. The number of hydrogen-bond donors (Lipinski definition) is 1. The zero-order chi connectivity index (χ0) is 26.0. The van der Waals surface area contributed by atoms with Crippen LogP contribution in [0.2, 0.25) is 0 Å². The van der Waals surface area contributed by atoms with Gasteiger partial charge in [0.15, 0.2) is 11.6 Å². The Kier molecular flexibility index (Phi) is 6.78. The monoisotopic (exact) mass is 528 g/mol. The Labute approximate surface area is 212 Å². The predicted octanol–water partition coefficient (Wildman–Crippen LogP) is 3.94. The second kappa shape index (κ2) is 10.2. The first-order valence-electron chi connectivity index (χ1n) is 11.6. The van der Waals surface area contributed by atoms with Crippen LogP contribution >= 0.6 is 0 Å².